The summed E-state index contributed by atoms with van der Waals surface area (Å²) in [6.07, 6.45) is 0.679. The van der Waals surface area contributed by atoms with Crippen LogP contribution in [0.5, 0.6) is 0 Å². The summed E-state index contributed by atoms with van der Waals surface area (Å²) in [5.74, 6) is -3.35. The van der Waals surface area contributed by atoms with Gasteiger partial charge in [-0.3, -0.25) is 0 Å². The first-order chi connectivity index (χ1) is 7.50. The van der Waals surface area contributed by atoms with Gasteiger partial charge in [-0.15, -0.1) is 12.4 Å². The molecule has 0 bridgehead atoms. The lowest BCUT2D eigenvalue weighted by atomic mass is 9.98. The Hall–Kier alpha value is -0.780. The zero-order valence-corrected chi connectivity index (χ0v) is 9.68. The predicted octanol–water partition coefficient (Wildman–Crippen LogP) is 2.30. The molecule has 1 aliphatic rings. The molecule has 3 N–H and O–H groups in total. The van der Waals surface area contributed by atoms with Gasteiger partial charge in [-0.25, -0.2) is 13.2 Å². The average molecular weight is 268 g/mol. The molecule has 1 aromatic carbocycles. The Morgan fingerprint density at radius 1 is 1.24 bits per heavy atom. The topological polar surface area (TPSA) is 46.2 Å². The first-order valence-electron chi connectivity index (χ1n) is 5.09. The van der Waals surface area contributed by atoms with Gasteiger partial charge in [0.15, 0.2) is 11.6 Å². The van der Waals surface area contributed by atoms with Crippen LogP contribution in [0.3, 0.4) is 0 Å². The molecule has 6 heteroatoms. The van der Waals surface area contributed by atoms with E-state index in [1.165, 1.54) is 0 Å². The Kier molecular flexibility index (Phi) is 4.41. The second-order valence-corrected chi connectivity index (χ2v) is 4.14. The number of nitrogens with two attached hydrogens (primary N) is 1. The Labute approximate surface area is 103 Å². The number of hydrogen-bond acceptors (Lipinski definition) is 2. The fourth-order valence-corrected chi connectivity index (χ4v) is 1.73. The fourth-order valence-electron chi connectivity index (χ4n) is 1.73. The summed E-state index contributed by atoms with van der Waals surface area (Å²) in [4.78, 5) is 0. The zero-order chi connectivity index (χ0) is 11.9. The lowest BCUT2D eigenvalue weighted by Gasteiger charge is -2.19. The van der Waals surface area contributed by atoms with Crippen molar-refractivity contribution in [3.63, 3.8) is 0 Å². The van der Waals surface area contributed by atoms with Crippen LogP contribution in [0.4, 0.5) is 13.2 Å². The number of halogens is 4. The quantitative estimate of drug-likeness (QED) is 0.826. The van der Waals surface area contributed by atoms with Gasteiger partial charge in [0, 0.05) is 11.6 Å². The summed E-state index contributed by atoms with van der Waals surface area (Å²) in [5.41, 5.74) is 5.29. The van der Waals surface area contributed by atoms with Gasteiger partial charge in [-0.05, 0) is 24.8 Å². The molecule has 1 aliphatic carbocycles. The molecule has 1 aromatic rings. The van der Waals surface area contributed by atoms with E-state index in [0.29, 0.717) is 6.07 Å². The molecular weight excluding hydrogens is 255 g/mol. The minimum atomic E-state index is -1.28. The van der Waals surface area contributed by atoms with Gasteiger partial charge in [0.25, 0.3) is 0 Å². The highest BCUT2D eigenvalue weighted by Crippen LogP contribution is 2.37. The second-order valence-electron chi connectivity index (χ2n) is 4.14. The number of benzene rings is 1. The standard InChI is InChI=1S/C11H12F3NO.ClH/c12-6-3-7(9(14)8(13)4-6)10(15)11(16)5-1-2-5;/h3-5,10-11,16H,1-2,15H2;1H/t10-,11+;/m1./s1. The predicted molar refractivity (Wildman–Crippen MR) is 59.2 cm³/mol. The van der Waals surface area contributed by atoms with Crippen LogP contribution < -0.4 is 5.73 Å². The lowest BCUT2D eigenvalue weighted by Crippen LogP contribution is -2.29. The summed E-state index contributed by atoms with van der Waals surface area (Å²) in [7, 11) is 0. The maximum Gasteiger partial charge on any atom is 0.163 e. The number of hydrogen-bond donors (Lipinski definition) is 2. The van der Waals surface area contributed by atoms with Crippen molar-refractivity contribution in [2.75, 3.05) is 0 Å². The normalized spacial score (nSPS) is 18.4. The molecule has 2 rings (SSSR count). The average Bonchev–Trinajstić information content (AvgIpc) is 3.05. The van der Waals surface area contributed by atoms with Crippen LogP contribution >= 0.6 is 12.4 Å². The van der Waals surface area contributed by atoms with Gasteiger partial charge in [0.05, 0.1) is 12.1 Å². The van der Waals surface area contributed by atoms with Crippen molar-refractivity contribution in [3.05, 3.63) is 35.1 Å². The molecule has 96 valence electrons. The molecule has 0 saturated heterocycles. The van der Waals surface area contributed by atoms with Gasteiger partial charge in [-0.1, -0.05) is 0 Å². The number of rotatable bonds is 3. The summed E-state index contributed by atoms with van der Waals surface area (Å²) in [5, 5.41) is 9.68. The van der Waals surface area contributed by atoms with E-state index < -0.39 is 29.6 Å². The van der Waals surface area contributed by atoms with E-state index in [9.17, 15) is 18.3 Å². The zero-order valence-electron chi connectivity index (χ0n) is 8.87. The second kappa shape index (κ2) is 5.25. The minimum absolute atomic E-state index is 0. The molecular formula is C11H13ClF3NO. The summed E-state index contributed by atoms with van der Waals surface area (Å²) >= 11 is 0. The van der Waals surface area contributed by atoms with Crippen molar-refractivity contribution in [3.8, 4) is 0 Å². The first-order valence-corrected chi connectivity index (χ1v) is 5.09. The van der Waals surface area contributed by atoms with Crippen LogP contribution in [0.2, 0.25) is 0 Å². The maximum atomic E-state index is 13.3. The van der Waals surface area contributed by atoms with Crippen LogP contribution in [-0.4, -0.2) is 11.2 Å². The largest absolute Gasteiger partial charge is 0.391 e. The van der Waals surface area contributed by atoms with Crippen molar-refractivity contribution in [2.24, 2.45) is 11.7 Å². The first kappa shape index (κ1) is 14.3. The Morgan fingerprint density at radius 2 is 1.82 bits per heavy atom. The van der Waals surface area contributed by atoms with Gasteiger partial charge in [0.2, 0.25) is 0 Å². The summed E-state index contributed by atoms with van der Waals surface area (Å²) < 4.78 is 39.2. The van der Waals surface area contributed by atoms with E-state index in [2.05, 4.69) is 0 Å². The van der Waals surface area contributed by atoms with E-state index in [4.69, 9.17) is 5.73 Å². The molecule has 0 aromatic heterocycles. The van der Waals surface area contributed by atoms with E-state index in [1.54, 1.807) is 0 Å². The smallest absolute Gasteiger partial charge is 0.163 e. The summed E-state index contributed by atoms with van der Waals surface area (Å²) in [6, 6.07) is 0.196. The number of aliphatic hydroxyl groups is 1. The van der Waals surface area contributed by atoms with Crippen LogP contribution in [0, 0.1) is 23.4 Å². The molecule has 1 fully saturated rings. The van der Waals surface area contributed by atoms with Crippen LogP contribution in [0.1, 0.15) is 24.4 Å². The van der Waals surface area contributed by atoms with Crippen LogP contribution in [0.15, 0.2) is 12.1 Å². The van der Waals surface area contributed by atoms with E-state index in [-0.39, 0.29) is 23.9 Å². The highest BCUT2D eigenvalue weighted by molar-refractivity contribution is 5.85. The minimum Gasteiger partial charge on any atom is -0.391 e. The van der Waals surface area contributed by atoms with Crippen LogP contribution in [-0.2, 0) is 0 Å². The third-order valence-electron chi connectivity index (χ3n) is 2.85. The Bertz CT molecular complexity index is 412. The van der Waals surface area contributed by atoms with Crippen molar-refractivity contribution in [1.29, 1.82) is 0 Å². The maximum absolute atomic E-state index is 13.3. The molecule has 2 atom stereocenters. The molecule has 0 aliphatic heterocycles. The molecule has 0 unspecified atom stereocenters. The van der Waals surface area contributed by atoms with E-state index in [0.717, 1.165) is 18.9 Å². The molecule has 2 nitrogen and oxygen atoms in total. The monoisotopic (exact) mass is 267 g/mol. The SMILES string of the molecule is Cl.N[C@H](c1cc(F)cc(F)c1F)[C@@H](O)C1CC1. The van der Waals surface area contributed by atoms with Gasteiger partial charge in [-0.2, -0.15) is 0 Å². The lowest BCUT2D eigenvalue weighted by molar-refractivity contribution is 0.120. The van der Waals surface area contributed by atoms with Crippen molar-refractivity contribution >= 4 is 12.4 Å². The molecule has 17 heavy (non-hydrogen) atoms. The van der Waals surface area contributed by atoms with E-state index >= 15 is 0 Å². The van der Waals surface area contributed by atoms with Gasteiger partial charge < -0.3 is 10.8 Å². The fraction of sp³-hybridized carbons (Fsp3) is 0.455. The highest BCUT2D eigenvalue weighted by Gasteiger charge is 2.35. The molecule has 0 radical (unpaired) electrons. The molecule has 0 spiro atoms. The third-order valence-corrected chi connectivity index (χ3v) is 2.85. The molecule has 0 heterocycles. The third kappa shape index (κ3) is 2.91. The molecule has 1 saturated carbocycles. The Morgan fingerprint density at radius 3 is 2.35 bits per heavy atom. The Balaban J connectivity index is 0.00000144. The highest BCUT2D eigenvalue weighted by atomic mass is 35.5. The van der Waals surface area contributed by atoms with Crippen molar-refractivity contribution in [2.45, 2.75) is 25.0 Å². The molecule has 0 amide bonds. The van der Waals surface area contributed by atoms with Gasteiger partial charge >= 0.3 is 0 Å². The number of aliphatic hydroxyl groups excluding tert-OH is 1. The van der Waals surface area contributed by atoms with E-state index in [1.807, 2.05) is 0 Å². The van der Waals surface area contributed by atoms with Crippen molar-refractivity contribution in [1.82, 2.24) is 0 Å². The summed E-state index contributed by atoms with van der Waals surface area (Å²) in [6.45, 7) is 0. The van der Waals surface area contributed by atoms with Crippen LogP contribution in [0.25, 0.3) is 0 Å². The van der Waals surface area contributed by atoms with Crippen molar-refractivity contribution < 1.29 is 18.3 Å². The van der Waals surface area contributed by atoms with Gasteiger partial charge in [0.1, 0.15) is 5.82 Å².